The molecule has 0 amide bonds. The number of halogens is 5. The SMILES string of the molecule is CC1(Nc2ccc(Cl)c(C(F)(F)F)c2)Nc2ccccc2N=C1Cl. The van der Waals surface area contributed by atoms with Gasteiger partial charge in [0.25, 0.3) is 0 Å². The smallest absolute Gasteiger partial charge is 0.357 e. The van der Waals surface area contributed by atoms with Crippen molar-refractivity contribution in [2.45, 2.75) is 18.8 Å². The first-order chi connectivity index (χ1) is 11.2. The Morgan fingerprint density at radius 2 is 1.83 bits per heavy atom. The van der Waals surface area contributed by atoms with Crippen molar-refractivity contribution >= 4 is 45.4 Å². The van der Waals surface area contributed by atoms with E-state index in [1.165, 1.54) is 12.1 Å². The lowest BCUT2D eigenvalue weighted by Crippen LogP contribution is -2.49. The third kappa shape index (κ3) is 3.16. The Morgan fingerprint density at radius 3 is 2.54 bits per heavy atom. The Labute approximate surface area is 146 Å². The lowest BCUT2D eigenvalue weighted by molar-refractivity contribution is -0.137. The van der Waals surface area contributed by atoms with Crippen molar-refractivity contribution in [3.8, 4) is 0 Å². The molecule has 1 unspecified atom stereocenters. The van der Waals surface area contributed by atoms with Crippen LogP contribution in [0.5, 0.6) is 0 Å². The lowest BCUT2D eigenvalue weighted by atomic mass is 10.1. The minimum Gasteiger partial charge on any atom is -0.357 e. The Kier molecular flexibility index (Phi) is 4.13. The average Bonchev–Trinajstić information content (AvgIpc) is 2.49. The minimum absolute atomic E-state index is 0.185. The number of benzene rings is 2. The number of nitrogens with one attached hydrogen (secondary N) is 2. The summed E-state index contributed by atoms with van der Waals surface area (Å²) in [4.78, 5) is 4.29. The van der Waals surface area contributed by atoms with Crippen LogP contribution in [0.3, 0.4) is 0 Å². The van der Waals surface area contributed by atoms with Crippen molar-refractivity contribution in [1.29, 1.82) is 0 Å². The summed E-state index contributed by atoms with van der Waals surface area (Å²) in [6.07, 6.45) is -4.54. The molecule has 0 aromatic heterocycles. The maximum atomic E-state index is 13.0. The van der Waals surface area contributed by atoms with Gasteiger partial charge in [-0.2, -0.15) is 13.2 Å². The fraction of sp³-hybridized carbons (Fsp3) is 0.188. The molecule has 0 spiro atoms. The summed E-state index contributed by atoms with van der Waals surface area (Å²) < 4.78 is 39.0. The first kappa shape index (κ1) is 16.9. The summed E-state index contributed by atoms with van der Waals surface area (Å²) in [7, 11) is 0. The molecule has 8 heteroatoms. The number of fused-ring (bicyclic) bond motifs is 1. The Hall–Kier alpha value is -1.92. The molecule has 2 aromatic carbocycles. The van der Waals surface area contributed by atoms with E-state index >= 15 is 0 Å². The van der Waals surface area contributed by atoms with Crippen molar-refractivity contribution in [1.82, 2.24) is 0 Å². The molecule has 126 valence electrons. The van der Waals surface area contributed by atoms with E-state index in [9.17, 15) is 13.2 Å². The summed E-state index contributed by atoms with van der Waals surface area (Å²) in [6.45, 7) is 1.69. The average molecular weight is 374 g/mol. The highest BCUT2D eigenvalue weighted by Gasteiger charge is 2.36. The number of hydrogen-bond acceptors (Lipinski definition) is 3. The van der Waals surface area contributed by atoms with E-state index in [0.29, 0.717) is 5.69 Å². The normalized spacial score (nSPS) is 20.0. The first-order valence-electron chi connectivity index (χ1n) is 6.96. The molecule has 24 heavy (non-hydrogen) atoms. The van der Waals surface area contributed by atoms with E-state index in [0.717, 1.165) is 11.8 Å². The maximum Gasteiger partial charge on any atom is 0.417 e. The lowest BCUT2D eigenvalue weighted by Gasteiger charge is -2.36. The number of hydrogen-bond donors (Lipinski definition) is 2. The molecule has 0 aliphatic carbocycles. The van der Waals surface area contributed by atoms with E-state index in [2.05, 4.69) is 15.6 Å². The second kappa shape index (κ2) is 5.86. The van der Waals surface area contributed by atoms with Gasteiger partial charge >= 0.3 is 6.18 Å². The standard InChI is InChI=1S/C16H12Cl2F3N3/c1-15(14(18)22-12-4-2-3-5-13(12)24-15)23-9-6-7-11(17)10(8-9)16(19,20)21/h2-8,23-24H,1H3. The molecular formula is C16H12Cl2F3N3. The summed E-state index contributed by atoms with van der Waals surface area (Å²) in [5.74, 6) is 0. The Morgan fingerprint density at radius 1 is 1.12 bits per heavy atom. The first-order valence-corrected chi connectivity index (χ1v) is 7.71. The predicted octanol–water partition coefficient (Wildman–Crippen LogP) is 5.88. The predicted molar refractivity (Wildman–Crippen MR) is 91.5 cm³/mol. The van der Waals surface area contributed by atoms with Crippen LogP contribution in [-0.4, -0.2) is 10.8 Å². The molecule has 0 fully saturated rings. The molecule has 3 rings (SSSR count). The molecule has 1 aliphatic heterocycles. The van der Waals surface area contributed by atoms with Gasteiger partial charge in [-0.1, -0.05) is 35.3 Å². The van der Waals surface area contributed by atoms with Crippen molar-refractivity contribution in [2.75, 3.05) is 10.6 Å². The Balaban J connectivity index is 1.94. The van der Waals surface area contributed by atoms with Gasteiger partial charge in [-0.3, -0.25) is 0 Å². The molecule has 0 radical (unpaired) electrons. The van der Waals surface area contributed by atoms with Gasteiger partial charge in [0.1, 0.15) is 0 Å². The highest BCUT2D eigenvalue weighted by Crippen LogP contribution is 2.38. The Bertz CT molecular complexity index is 820. The number of anilines is 2. The van der Waals surface area contributed by atoms with Crippen molar-refractivity contribution < 1.29 is 13.2 Å². The van der Waals surface area contributed by atoms with Crippen LogP contribution in [0.25, 0.3) is 0 Å². The van der Waals surface area contributed by atoms with Gasteiger partial charge in [-0.05, 0) is 37.3 Å². The maximum absolute atomic E-state index is 13.0. The third-order valence-corrected chi connectivity index (χ3v) is 4.38. The number of aliphatic imine (C=N–C) groups is 1. The zero-order valence-electron chi connectivity index (χ0n) is 12.4. The van der Waals surface area contributed by atoms with Crippen molar-refractivity contribution in [2.24, 2.45) is 4.99 Å². The van der Waals surface area contributed by atoms with E-state index in [-0.39, 0.29) is 15.9 Å². The molecule has 0 bridgehead atoms. The van der Waals surface area contributed by atoms with Crippen LogP contribution in [0.15, 0.2) is 47.5 Å². The summed E-state index contributed by atoms with van der Waals surface area (Å²) in [5, 5.41) is 5.94. The van der Waals surface area contributed by atoms with Gasteiger partial charge in [0.05, 0.1) is 22.0 Å². The molecule has 3 nitrogen and oxygen atoms in total. The zero-order chi connectivity index (χ0) is 17.5. The van der Waals surface area contributed by atoms with Gasteiger partial charge in [0.2, 0.25) is 0 Å². The van der Waals surface area contributed by atoms with Crippen LogP contribution in [0.4, 0.5) is 30.2 Å². The summed E-state index contributed by atoms with van der Waals surface area (Å²) >= 11 is 11.9. The topological polar surface area (TPSA) is 36.4 Å². The van der Waals surface area contributed by atoms with E-state index in [4.69, 9.17) is 23.2 Å². The molecule has 1 atom stereocenters. The van der Waals surface area contributed by atoms with Crippen molar-refractivity contribution in [3.05, 3.63) is 53.1 Å². The third-order valence-electron chi connectivity index (χ3n) is 3.59. The molecule has 0 saturated heterocycles. The van der Waals surface area contributed by atoms with E-state index in [1.54, 1.807) is 13.0 Å². The van der Waals surface area contributed by atoms with Crippen LogP contribution in [0.1, 0.15) is 12.5 Å². The summed E-state index contributed by atoms with van der Waals surface area (Å²) in [6, 6.07) is 10.8. The molecule has 2 aromatic rings. The molecular weight excluding hydrogens is 362 g/mol. The number of rotatable bonds is 2. The molecule has 1 heterocycles. The highest BCUT2D eigenvalue weighted by molar-refractivity contribution is 6.68. The van der Waals surface area contributed by atoms with Gasteiger partial charge in [-0.25, -0.2) is 4.99 Å². The molecule has 0 saturated carbocycles. The monoisotopic (exact) mass is 373 g/mol. The van der Waals surface area contributed by atoms with Crippen LogP contribution in [-0.2, 0) is 6.18 Å². The van der Waals surface area contributed by atoms with Crippen LogP contribution < -0.4 is 10.6 Å². The molecule has 1 aliphatic rings. The van der Waals surface area contributed by atoms with Crippen LogP contribution in [0, 0.1) is 0 Å². The second-order valence-electron chi connectivity index (χ2n) is 5.49. The number of nitrogens with zero attached hydrogens (tertiary/aromatic N) is 1. The zero-order valence-corrected chi connectivity index (χ0v) is 13.9. The minimum atomic E-state index is -4.54. The van der Waals surface area contributed by atoms with Gasteiger partial charge < -0.3 is 10.6 Å². The van der Waals surface area contributed by atoms with E-state index < -0.39 is 17.4 Å². The fourth-order valence-electron chi connectivity index (χ4n) is 2.41. The van der Waals surface area contributed by atoms with Crippen LogP contribution in [0.2, 0.25) is 5.02 Å². The van der Waals surface area contributed by atoms with Crippen molar-refractivity contribution in [3.63, 3.8) is 0 Å². The second-order valence-corrected chi connectivity index (χ2v) is 6.25. The quantitative estimate of drug-likeness (QED) is 0.689. The largest absolute Gasteiger partial charge is 0.417 e. The fourth-order valence-corrected chi connectivity index (χ4v) is 2.82. The van der Waals surface area contributed by atoms with Gasteiger partial charge in [-0.15, -0.1) is 0 Å². The number of alkyl halides is 3. The van der Waals surface area contributed by atoms with Gasteiger partial charge in [0.15, 0.2) is 10.8 Å². The summed E-state index contributed by atoms with van der Waals surface area (Å²) in [5.41, 5.74) is -0.362. The van der Waals surface area contributed by atoms with E-state index in [1.807, 2.05) is 18.2 Å². The van der Waals surface area contributed by atoms with Crippen LogP contribution >= 0.6 is 23.2 Å². The van der Waals surface area contributed by atoms with Gasteiger partial charge in [0, 0.05) is 5.69 Å². The highest BCUT2D eigenvalue weighted by atomic mass is 35.5. The number of para-hydroxylation sites is 2. The molecule has 2 N–H and O–H groups in total.